The Morgan fingerprint density at radius 2 is 2.13 bits per heavy atom. The average Bonchev–Trinajstić information content (AvgIpc) is 3.04. The number of aromatic nitrogens is 1. The van der Waals surface area contributed by atoms with Gasteiger partial charge in [-0.05, 0) is 30.9 Å². The van der Waals surface area contributed by atoms with Crippen LogP contribution in [0.3, 0.4) is 0 Å². The van der Waals surface area contributed by atoms with Crippen molar-refractivity contribution in [3.63, 3.8) is 0 Å². The van der Waals surface area contributed by atoms with Gasteiger partial charge in [0.2, 0.25) is 0 Å². The standard InChI is InChI=1S/C18H21ClN2OS/c1-12-6-3-4-9-16(12)21(2)18(22)15-11-23-17(20-15)13-7-5-8-14(19)10-13/h5,7-8,10-12,16H,3-4,6,9H2,1-2H3. The van der Waals surface area contributed by atoms with Crippen LogP contribution >= 0.6 is 22.9 Å². The molecule has 1 aliphatic carbocycles. The summed E-state index contributed by atoms with van der Waals surface area (Å²) in [7, 11) is 1.91. The molecule has 3 nitrogen and oxygen atoms in total. The molecule has 0 radical (unpaired) electrons. The van der Waals surface area contributed by atoms with Crippen LogP contribution in [0.15, 0.2) is 29.6 Å². The maximum atomic E-state index is 12.7. The summed E-state index contributed by atoms with van der Waals surface area (Å²) < 4.78 is 0. The van der Waals surface area contributed by atoms with Crippen molar-refractivity contribution in [1.29, 1.82) is 0 Å². The van der Waals surface area contributed by atoms with E-state index in [1.807, 2.05) is 41.6 Å². The van der Waals surface area contributed by atoms with Crippen LogP contribution in [0.5, 0.6) is 0 Å². The Morgan fingerprint density at radius 1 is 1.35 bits per heavy atom. The molecule has 2 atom stereocenters. The van der Waals surface area contributed by atoms with E-state index in [0.717, 1.165) is 17.0 Å². The lowest BCUT2D eigenvalue weighted by molar-refractivity contribution is 0.0624. The maximum Gasteiger partial charge on any atom is 0.273 e. The first kappa shape index (κ1) is 16.5. The van der Waals surface area contributed by atoms with Gasteiger partial charge >= 0.3 is 0 Å². The Labute approximate surface area is 146 Å². The van der Waals surface area contributed by atoms with Crippen LogP contribution in [-0.4, -0.2) is 28.9 Å². The fraction of sp³-hybridized carbons (Fsp3) is 0.444. The van der Waals surface area contributed by atoms with Gasteiger partial charge in [0.05, 0.1) is 0 Å². The molecule has 122 valence electrons. The van der Waals surface area contributed by atoms with Crippen LogP contribution in [0.4, 0.5) is 0 Å². The van der Waals surface area contributed by atoms with E-state index >= 15 is 0 Å². The first-order chi connectivity index (χ1) is 11.1. The minimum atomic E-state index is 0.0216. The predicted molar refractivity (Wildman–Crippen MR) is 96.1 cm³/mol. The number of halogens is 1. The van der Waals surface area contributed by atoms with Gasteiger partial charge in [0, 0.05) is 29.1 Å². The molecule has 5 heteroatoms. The number of hydrogen-bond donors (Lipinski definition) is 0. The molecule has 0 spiro atoms. The van der Waals surface area contributed by atoms with E-state index < -0.39 is 0 Å². The minimum absolute atomic E-state index is 0.0216. The van der Waals surface area contributed by atoms with Gasteiger partial charge in [-0.2, -0.15) is 0 Å². The van der Waals surface area contributed by atoms with Crippen LogP contribution < -0.4 is 0 Å². The molecule has 23 heavy (non-hydrogen) atoms. The van der Waals surface area contributed by atoms with Crippen molar-refractivity contribution < 1.29 is 4.79 Å². The fourth-order valence-electron chi connectivity index (χ4n) is 3.33. The highest BCUT2D eigenvalue weighted by Gasteiger charge is 2.29. The second kappa shape index (κ2) is 7.02. The summed E-state index contributed by atoms with van der Waals surface area (Å²) in [4.78, 5) is 19.2. The summed E-state index contributed by atoms with van der Waals surface area (Å²) in [6.45, 7) is 2.24. The molecule has 0 N–H and O–H groups in total. The van der Waals surface area contributed by atoms with Crippen molar-refractivity contribution in [1.82, 2.24) is 9.88 Å². The van der Waals surface area contributed by atoms with Gasteiger partial charge < -0.3 is 4.90 Å². The third kappa shape index (κ3) is 3.59. The predicted octanol–water partition coefficient (Wildman–Crippen LogP) is 5.11. The highest BCUT2D eigenvalue weighted by molar-refractivity contribution is 7.13. The van der Waals surface area contributed by atoms with E-state index in [1.54, 1.807) is 0 Å². The number of benzene rings is 1. The summed E-state index contributed by atoms with van der Waals surface area (Å²) in [6, 6.07) is 7.90. The van der Waals surface area contributed by atoms with Crippen molar-refractivity contribution >= 4 is 28.8 Å². The van der Waals surface area contributed by atoms with Crippen molar-refractivity contribution in [2.45, 2.75) is 38.6 Å². The monoisotopic (exact) mass is 348 g/mol. The molecule has 2 aromatic rings. The molecule has 3 rings (SSSR count). The number of carbonyl (C=O) groups excluding carboxylic acids is 1. The van der Waals surface area contributed by atoms with Gasteiger partial charge in [0.1, 0.15) is 10.7 Å². The van der Waals surface area contributed by atoms with Crippen molar-refractivity contribution in [3.05, 3.63) is 40.4 Å². The molecule has 2 unspecified atom stereocenters. The summed E-state index contributed by atoms with van der Waals surface area (Å²) >= 11 is 7.52. The Bertz CT molecular complexity index is 700. The molecule has 1 saturated carbocycles. The van der Waals surface area contributed by atoms with Crippen molar-refractivity contribution in [2.75, 3.05) is 7.05 Å². The Balaban J connectivity index is 1.78. The third-order valence-electron chi connectivity index (χ3n) is 4.68. The zero-order valence-electron chi connectivity index (χ0n) is 13.5. The zero-order chi connectivity index (χ0) is 16.4. The molecule has 0 saturated heterocycles. The summed E-state index contributed by atoms with van der Waals surface area (Å²) in [5.74, 6) is 0.581. The molecular formula is C18H21ClN2OS. The van der Waals surface area contributed by atoms with Gasteiger partial charge in [0.15, 0.2) is 0 Å². The molecule has 1 heterocycles. The quantitative estimate of drug-likeness (QED) is 0.771. The van der Waals surface area contributed by atoms with Gasteiger partial charge in [-0.1, -0.05) is 43.5 Å². The van der Waals surface area contributed by atoms with E-state index in [1.165, 1.54) is 30.6 Å². The maximum absolute atomic E-state index is 12.7. The minimum Gasteiger partial charge on any atom is -0.337 e. The number of nitrogens with zero attached hydrogens (tertiary/aromatic N) is 2. The molecule has 1 aliphatic rings. The Kier molecular flexibility index (Phi) is 5.02. The Morgan fingerprint density at radius 3 is 2.87 bits per heavy atom. The first-order valence-electron chi connectivity index (χ1n) is 8.05. The second-order valence-electron chi connectivity index (χ2n) is 6.29. The second-order valence-corrected chi connectivity index (χ2v) is 7.59. The lowest BCUT2D eigenvalue weighted by atomic mass is 9.85. The van der Waals surface area contributed by atoms with Crippen LogP contribution in [0.25, 0.3) is 10.6 Å². The average molecular weight is 349 g/mol. The van der Waals surface area contributed by atoms with Crippen LogP contribution in [-0.2, 0) is 0 Å². The molecule has 0 bridgehead atoms. The van der Waals surface area contributed by atoms with E-state index in [-0.39, 0.29) is 5.91 Å². The van der Waals surface area contributed by atoms with Gasteiger partial charge in [-0.25, -0.2) is 4.98 Å². The van der Waals surface area contributed by atoms with E-state index in [0.29, 0.717) is 22.7 Å². The molecule has 1 amide bonds. The number of hydrogen-bond acceptors (Lipinski definition) is 3. The number of carbonyl (C=O) groups is 1. The lowest BCUT2D eigenvalue weighted by Crippen LogP contribution is -2.42. The number of amides is 1. The smallest absolute Gasteiger partial charge is 0.273 e. The molecule has 1 aromatic heterocycles. The molecule has 1 fully saturated rings. The number of thiazole rings is 1. The number of rotatable bonds is 3. The van der Waals surface area contributed by atoms with E-state index in [2.05, 4.69) is 11.9 Å². The normalized spacial score (nSPS) is 21.2. The third-order valence-corrected chi connectivity index (χ3v) is 5.81. The van der Waals surface area contributed by atoms with Crippen molar-refractivity contribution in [2.24, 2.45) is 5.92 Å². The Hall–Kier alpha value is -1.39. The highest BCUT2D eigenvalue weighted by Crippen LogP contribution is 2.30. The van der Waals surface area contributed by atoms with Gasteiger partial charge in [-0.15, -0.1) is 11.3 Å². The van der Waals surface area contributed by atoms with Crippen molar-refractivity contribution in [3.8, 4) is 10.6 Å². The van der Waals surface area contributed by atoms with Crippen LogP contribution in [0.2, 0.25) is 5.02 Å². The van der Waals surface area contributed by atoms with Crippen LogP contribution in [0.1, 0.15) is 43.1 Å². The topological polar surface area (TPSA) is 33.2 Å². The fourth-order valence-corrected chi connectivity index (χ4v) is 4.31. The van der Waals surface area contributed by atoms with Gasteiger partial charge in [0.25, 0.3) is 5.91 Å². The summed E-state index contributed by atoms with van der Waals surface area (Å²) in [6.07, 6.45) is 4.77. The summed E-state index contributed by atoms with van der Waals surface area (Å²) in [5, 5.41) is 3.36. The lowest BCUT2D eigenvalue weighted by Gasteiger charge is -2.35. The van der Waals surface area contributed by atoms with Crippen LogP contribution in [0, 0.1) is 5.92 Å². The SMILES string of the molecule is CC1CCCCC1N(C)C(=O)c1csc(-c2cccc(Cl)c2)n1. The summed E-state index contributed by atoms with van der Waals surface area (Å²) in [5.41, 5.74) is 1.49. The highest BCUT2D eigenvalue weighted by atomic mass is 35.5. The first-order valence-corrected chi connectivity index (χ1v) is 9.30. The van der Waals surface area contributed by atoms with Gasteiger partial charge in [-0.3, -0.25) is 4.79 Å². The van der Waals surface area contributed by atoms with E-state index in [4.69, 9.17) is 11.6 Å². The zero-order valence-corrected chi connectivity index (χ0v) is 15.0. The molecule has 1 aromatic carbocycles. The largest absolute Gasteiger partial charge is 0.337 e. The molecule has 0 aliphatic heterocycles. The van der Waals surface area contributed by atoms with E-state index in [9.17, 15) is 4.79 Å². The molecular weight excluding hydrogens is 328 g/mol.